The summed E-state index contributed by atoms with van der Waals surface area (Å²) in [5, 5.41) is 0. The van der Waals surface area contributed by atoms with Crippen molar-refractivity contribution < 1.29 is 22.7 Å². The van der Waals surface area contributed by atoms with Crippen LogP contribution in [0.25, 0.3) is 0 Å². The van der Waals surface area contributed by atoms with Crippen LogP contribution in [0.3, 0.4) is 0 Å². The molecule has 1 aromatic rings. The molecule has 0 aromatic heterocycles. The van der Waals surface area contributed by atoms with E-state index in [4.69, 9.17) is 11.2 Å². The van der Waals surface area contributed by atoms with Gasteiger partial charge in [-0.1, -0.05) is 5.92 Å². The van der Waals surface area contributed by atoms with E-state index in [1.807, 2.05) is 0 Å². The normalized spacial score (nSPS) is 11.7. The summed E-state index contributed by atoms with van der Waals surface area (Å²) < 4.78 is 43.6. The molecule has 0 fully saturated rings. The molecule has 0 bridgehead atoms. The Bertz CT molecular complexity index is 580. The fourth-order valence-corrected chi connectivity index (χ4v) is 1.49. The maximum absolute atomic E-state index is 12.8. The molecule has 0 saturated carbocycles. The Balaban J connectivity index is 3.18. The fraction of sp³-hybridized carbons (Fsp3) is 0.400. The number of alkyl halides is 3. The van der Waals surface area contributed by atoms with E-state index in [0.717, 1.165) is 17.0 Å². The number of terminal acetylenes is 1. The van der Waals surface area contributed by atoms with Gasteiger partial charge in [-0.15, -0.1) is 6.42 Å². The van der Waals surface area contributed by atoms with Gasteiger partial charge in [-0.05, 0) is 39.0 Å². The smallest absolute Gasteiger partial charge is 0.416 e. The first-order valence-corrected chi connectivity index (χ1v) is 6.09. The lowest BCUT2D eigenvalue weighted by molar-refractivity contribution is -0.137. The van der Waals surface area contributed by atoms with Crippen LogP contribution in [0.2, 0.25) is 0 Å². The average molecular weight is 299 g/mol. The fourth-order valence-electron chi connectivity index (χ4n) is 1.49. The highest BCUT2D eigenvalue weighted by Gasteiger charge is 2.32. The van der Waals surface area contributed by atoms with Crippen LogP contribution in [0.1, 0.15) is 31.9 Å². The molecule has 0 heterocycles. The number of benzene rings is 1. The Hall–Kier alpha value is -2.16. The zero-order chi connectivity index (χ0) is 16.4. The van der Waals surface area contributed by atoms with Gasteiger partial charge in [0.1, 0.15) is 5.60 Å². The largest absolute Gasteiger partial charge is 0.443 e. The van der Waals surface area contributed by atoms with E-state index >= 15 is 0 Å². The van der Waals surface area contributed by atoms with Gasteiger partial charge >= 0.3 is 12.3 Å². The van der Waals surface area contributed by atoms with E-state index in [1.165, 1.54) is 13.1 Å². The Morgan fingerprint density at radius 3 is 2.24 bits per heavy atom. The van der Waals surface area contributed by atoms with Crippen LogP contribution in [0.5, 0.6) is 0 Å². The van der Waals surface area contributed by atoms with Crippen LogP contribution < -0.4 is 4.90 Å². The minimum atomic E-state index is -4.55. The summed E-state index contributed by atoms with van der Waals surface area (Å²) in [5.41, 5.74) is -1.60. The number of rotatable bonds is 1. The molecule has 21 heavy (non-hydrogen) atoms. The predicted octanol–water partition coefficient (Wildman–Crippen LogP) is 4.06. The van der Waals surface area contributed by atoms with Crippen molar-refractivity contribution in [3.8, 4) is 12.3 Å². The summed E-state index contributed by atoms with van der Waals surface area (Å²) in [6, 6.07) is 3.02. The Labute approximate surface area is 121 Å². The van der Waals surface area contributed by atoms with Crippen LogP contribution in [0.15, 0.2) is 18.2 Å². The molecule has 114 valence electrons. The van der Waals surface area contributed by atoms with Crippen molar-refractivity contribution in [3.63, 3.8) is 0 Å². The lowest BCUT2D eigenvalue weighted by Gasteiger charge is -2.25. The minimum Gasteiger partial charge on any atom is -0.443 e. The second-order valence-electron chi connectivity index (χ2n) is 5.45. The van der Waals surface area contributed by atoms with Crippen LogP contribution in [0, 0.1) is 12.3 Å². The second kappa shape index (κ2) is 5.68. The second-order valence-corrected chi connectivity index (χ2v) is 5.45. The molecular formula is C15H16F3NO2. The molecule has 1 amide bonds. The zero-order valence-corrected chi connectivity index (χ0v) is 12.2. The lowest BCUT2D eigenvalue weighted by atomic mass is 10.1. The maximum atomic E-state index is 12.8. The van der Waals surface area contributed by atoms with Gasteiger partial charge in [-0.25, -0.2) is 4.79 Å². The third-order valence-electron chi connectivity index (χ3n) is 2.47. The lowest BCUT2D eigenvalue weighted by Crippen LogP contribution is -2.34. The van der Waals surface area contributed by atoms with Gasteiger partial charge in [-0.3, -0.25) is 4.90 Å². The van der Waals surface area contributed by atoms with Crippen molar-refractivity contribution in [1.29, 1.82) is 0 Å². The van der Waals surface area contributed by atoms with Gasteiger partial charge < -0.3 is 4.74 Å². The number of carbonyl (C=O) groups excluding carboxylic acids is 1. The van der Waals surface area contributed by atoms with Crippen LogP contribution >= 0.6 is 0 Å². The Morgan fingerprint density at radius 1 is 1.24 bits per heavy atom. The summed E-state index contributed by atoms with van der Waals surface area (Å²) in [5.74, 6) is 2.14. The molecule has 0 N–H and O–H groups in total. The van der Waals surface area contributed by atoms with Gasteiger partial charge in [0.15, 0.2) is 0 Å². The van der Waals surface area contributed by atoms with Crippen molar-refractivity contribution in [1.82, 2.24) is 0 Å². The van der Waals surface area contributed by atoms with E-state index in [0.29, 0.717) is 0 Å². The molecule has 3 nitrogen and oxygen atoms in total. The first-order valence-electron chi connectivity index (χ1n) is 6.09. The molecule has 0 radical (unpaired) electrons. The highest BCUT2D eigenvalue weighted by atomic mass is 19.4. The van der Waals surface area contributed by atoms with Crippen LogP contribution in [0.4, 0.5) is 23.7 Å². The number of amides is 1. The first kappa shape index (κ1) is 16.9. The molecule has 6 heteroatoms. The quantitative estimate of drug-likeness (QED) is 0.732. The molecule has 0 aliphatic rings. The number of hydrogen-bond acceptors (Lipinski definition) is 2. The zero-order valence-electron chi connectivity index (χ0n) is 12.2. The summed E-state index contributed by atoms with van der Waals surface area (Å²) in [7, 11) is 1.32. The molecule has 1 aromatic carbocycles. The van der Waals surface area contributed by atoms with Crippen molar-refractivity contribution in [2.75, 3.05) is 11.9 Å². The van der Waals surface area contributed by atoms with Gasteiger partial charge in [-0.2, -0.15) is 13.2 Å². The predicted molar refractivity (Wildman–Crippen MR) is 74.0 cm³/mol. The third-order valence-corrected chi connectivity index (χ3v) is 2.47. The molecule has 0 aliphatic carbocycles. The van der Waals surface area contributed by atoms with Crippen LogP contribution in [-0.4, -0.2) is 18.7 Å². The number of halogens is 3. The Kier molecular flexibility index (Phi) is 4.57. The minimum absolute atomic E-state index is 0.0204. The van der Waals surface area contributed by atoms with E-state index < -0.39 is 23.4 Å². The molecule has 0 saturated heterocycles. The molecular weight excluding hydrogens is 283 g/mol. The van der Waals surface area contributed by atoms with E-state index in [9.17, 15) is 18.0 Å². The first-order chi connectivity index (χ1) is 9.44. The number of anilines is 1. The standard InChI is InChI=1S/C15H16F3NO2/c1-6-10-7-11(15(16,17)18)9-12(8-10)19(5)13(20)21-14(2,3)4/h1,7-9H,2-5H3. The van der Waals surface area contributed by atoms with Gasteiger partial charge in [0.05, 0.1) is 5.56 Å². The van der Waals surface area contributed by atoms with E-state index in [2.05, 4.69) is 5.92 Å². The third kappa shape index (κ3) is 4.71. The van der Waals surface area contributed by atoms with E-state index in [-0.39, 0.29) is 11.3 Å². The van der Waals surface area contributed by atoms with Crippen LogP contribution in [-0.2, 0) is 10.9 Å². The maximum Gasteiger partial charge on any atom is 0.416 e. The summed E-state index contributed by atoms with van der Waals surface area (Å²) >= 11 is 0. The van der Waals surface area contributed by atoms with Gasteiger partial charge in [0.25, 0.3) is 0 Å². The van der Waals surface area contributed by atoms with Gasteiger partial charge in [0, 0.05) is 18.3 Å². The van der Waals surface area contributed by atoms with Gasteiger partial charge in [0.2, 0.25) is 0 Å². The summed E-state index contributed by atoms with van der Waals surface area (Å²) in [6.45, 7) is 4.99. The summed E-state index contributed by atoms with van der Waals surface area (Å²) in [4.78, 5) is 12.9. The SMILES string of the molecule is C#Cc1cc(N(C)C(=O)OC(C)(C)C)cc(C(F)(F)F)c1. The van der Waals surface area contributed by atoms with Crippen molar-refractivity contribution in [2.45, 2.75) is 32.5 Å². The molecule has 0 aliphatic heterocycles. The number of carbonyl (C=O) groups is 1. The Morgan fingerprint density at radius 2 is 1.81 bits per heavy atom. The monoisotopic (exact) mass is 299 g/mol. The van der Waals surface area contributed by atoms with Crippen molar-refractivity contribution >= 4 is 11.8 Å². The van der Waals surface area contributed by atoms with Crippen molar-refractivity contribution in [2.24, 2.45) is 0 Å². The highest BCUT2D eigenvalue weighted by molar-refractivity contribution is 5.87. The van der Waals surface area contributed by atoms with E-state index in [1.54, 1.807) is 20.8 Å². The molecule has 0 spiro atoms. The molecule has 1 rings (SSSR count). The molecule has 0 atom stereocenters. The topological polar surface area (TPSA) is 29.5 Å². The average Bonchev–Trinajstić information content (AvgIpc) is 2.34. The number of ether oxygens (including phenoxy) is 1. The summed E-state index contributed by atoms with van der Waals surface area (Å²) in [6.07, 6.45) is -0.148. The highest BCUT2D eigenvalue weighted by Crippen LogP contribution is 2.33. The number of nitrogens with zero attached hydrogens (tertiary/aromatic N) is 1. The number of hydrogen-bond donors (Lipinski definition) is 0. The molecule has 0 unspecified atom stereocenters. The van der Waals surface area contributed by atoms with Crippen molar-refractivity contribution in [3.05, 3.63) is 29.3 Å².